The van der Waals surface area contributed by atoms with Crippen LogP contribution in [0.1, 0.15) is 21.5 Å². The first-order valence-electron chi connectivity index (χ1n) is 7.96. The molecule has 0 spiro atoms. The highest BCUT2D eigenvalue weighted by Gasteiger charge is 2.05. The first-order valence-corrected chi connectivity index (χ1v) is 8.34. The molecule has 0 aliphatic rings. The quantitative estimate of drug-likeness (QED) is 0.414. The summed E-state index contributed by atoms with van der Waals surface area (Å²) in [5, 5.41) is 0.460. The number of allylic oxidation sites excluding steroid dienone is 1. The van der Waals surface area contributed by atoms with Gasteiger partial charge in [-0.2, -0.15) is 0 Å². The minimum Gasteiger partial charge on any atom is -0.489 e. The summed E-state index contributed by atoms with van der Waals surface area (Å²) in [4.78, 5) is 12.2. The molecular formula is C22H17ClO2. The number of hydrogen-bond acceptors (Lipinski definition) is 2. The summed E-state index contributed by atoms with van der Waals surface area (Å²) >= 11 is 6.04. The Balaban J connectivity index is 1.60. The molecule has 0 bridgehead atoms. The van der Waals surface area contributed by atoms with Gasteiger partial charge < -0.3 is 4.74 Å². The average Bonchev–Trinajstić information content (AvgIpc) is 2.66. The van der Waals surface area contributed by atoms with Crippen molar-refractivity contribution >= 4 is 23.5 Å². The molecule has 3 rings (SSSR count). The monoisotopic (exact) mass is 348 g/mol. The van der Waals surface area contributed by atoms with Crippen LogP contribution in [0, 0.1) is 0 Å². The fourth-order valence-corrected chi connectivity index (χ4v) is 2.57. The van der Waals surface area contributed by atoms with E-state index in [-0.39, 0.29) is 5.78 Å². The van der Waals surface area contributed by atoms with E-state index in [2.05, 4.69) is 0 Å². The molecule has 3 heteroatoms. The van der Waals surface area contributed by atoms with Gasteiger partial charge in [-0.05, 0) is 41.5 Å². The maximum absolute atomic E-state index is 12.2. The van der Waals surface area contributed by atoms with Gasteiger partial charge in [0.05, 0.1) is 5.02 Å². The number of carbonyl (C=O) groups is 1. The summed E-state index contributed by atoms with van der Waals surface area (Å²) in [5.74, 6) is 0.674. The molecule has 124 valence electrons. The van der Waals surface area contributed by atoms with Gasteiger partial charge in [0, 0.05) is 5.56 Å². The second kappa shape index (κ2) is 8.32. The molecule has 0 unspecified atom stereocenters. The maximum atomic E-state index is 12.2. The van der Waals surface area contributed by atoms with Crippen molar-refractivity contribution in [2.24, 2.45) is 0 Å². The Labute approximate surface area is 152 Å². The van der Waals surface area contributed by atoms with E-state index in [1.54, 1.807) is 30.3 Å². The molecule has 0 amide bonds. The van der Waals surface area contributed by atoms with E-state index in [9.17, 15) is 4.79 Å². The number of ketones is 1. The van der Waals surface area contributed by atoms with Crippen LogP contribution >= 0.6 is 11.6 Å². The van der Waals surface area contributed by atoms with Crippen LogP contribution in [0.4, 0.5) is 0 Å². The van der Waals surface area contributed by atoms with Crippen molar-refractivity contribution in [3.8, 4) is 5.75 Å². The van der Waals surface area contributed by atoms with Crippen molar-refractivity contribution in [1.82, 2.24) is 0 Å². The lowest BCUT2D eigenvalue weighted by atomic mass is 10.1. The van der Waals surface area contributed by atoms with E-state index in [4.69, 9.17) is 16.3 Å². The van der Waals surface area contributed by atoms with E-state index < -0.39 is 0 Å². The van der Waals surface area contributed by atoms with Gasteiger partial charge in [0.15, 0.2) is 5.78 Å². The molecule has 0 saturated heterocycles. The molecule has 0 aliphatic heterocycles. The Kier molecular flexibility index (Phi) is 5.65. The zero-order chi connectivity index (χ0) is 17.5. The van der Waals surface area contributed by atoms with Crippen molar-refractivity contribution in [1.29, 1.82) is 0 Å². The lowest BCUT2D eigenvalue weighted by Gasteiger charge is -2.06. The number of carbonyl (C=O) groups excluding carboxylic acids is 1. The van der Waals surface area contributed by atoms with Gasteiger partial charge in [-0.25, -0.2) is 0 Å². The molecular weight excluding hydrogens is 332 g/mol. The van der Waals surface area contributed by atoms with Gasteiger partial charge in [-0.1, -0.05) is 72.3 Å². The Bertz CT molecular complexity index is 868. The van der Waals surface area contributed by atoms with Crippen molar-refractivity contribution < 1.29 is 9.53 Å². The predicted molar refractivity (Wildman–Crippen MR) is 102 cm³/mol. The smallest absolute Gasteiger partial charge is 0.187 e. The van der Waals surface area contributed by atoms with Crippen LogP contribution in [0.5, 0.6) is 5.75 Å². The Morgan fingerprint density at radius 3 is 2.28 bits per heavy atom. The highest BCUT2D eigenvalue weighted by molar-refractivity contribution is 6.34. The maximum Gasteiger partial charge on any atom is 0.187 e. The number of benzene rings is 3. The summed E-state index contributed by atoms with van der Waals surface area (Å²) in [6, 6.07) is 24.6. The van der Waals surface area contributed by atoms with Crippen LogP contribution in [0.15, 0.2) is 84.9 Å². The molecule has 0 atom stereocenters. The molecule has 0 fully saturated rings. The van der Waals surface area contributed by atoms with Gasteiger partial charge in [0.2, 0.25) is 0 Å². The van der Waals surface area contributed by atoms with Crippen molar-refractivity contribution in [2.75, 3.05) is 0 Å². The standard InChI is InChI=1S/C22H17ClO2/c23-21-9-5-4-8-20(21)22(24)15-12-17-10-13-19(14-11-17)25-16-18-6-2-1-3-7-18/h1-15H,16H2/b15-12+. The fourth-order valence-electron chi connectivity index (χ4n) is 2.34. The SMILES string of the molecule is O=C(/C=C/c1ccc(OCc2ccccc2)cc1)c1ccccc1Cl. The summed E-state index contributed by atoms with van der Waals surface area (Å²) in [6.45, 7) is 0.529. The molecule has 0 N–H and O–H groups in total. The molecule has 25 heavy (non-hydrogen) atoms. The second-order valence-corrected chi connectivity index (χ2v) is 5.93. The zero-order valence-corrected chi connectivity index (χ0v) is 14.3. The highest BCUT2D eigenvalue weighted by atomic mass is 35.5. The Hall–Kier alpha value is -2.84. The van der Waals surface area contributed by atoms with E-state index in [0.29, 0.717) is 17.2 Å². The molecule has 0 radical (unpaired) electrons. The molecule has 3 aromatic rings. The minimum atomic E-state index is -0.116. The predicted octanol–water partition coefficient (Wildman–Crippen LogP) is 5.82. The lowest BCUT2D eigenvalue weighted by molar-refractivity contribution is 0.104. The van der Waals surface area contributed by atoms with Gasteiger partial charge in [0.25, 0.3) is 0 Å². The molecule has 0 aromatic heterocycles. The van der Waals surface area contributed by atoms with Crippen molar-refractivity contribution in [3.05, 3.63) is 107 Å². The van der Waals surface area contributed by atoms with Crippen LogP contribution < -0.4 is 4.74 Å². The number of ether oxygens (including phenoxy) is 1. The van der Waals surface area contributed by atoms with Crippen molar-refractivity contribution in [2.45, 2.75) is 6.61 Å². The van der Waals surface area contributed by atoms with E-state index in [0.717, 1.165) is 16.9 Å². The summed E-state index contributed by atoms with van der Waals surface area (Å²) in [7, 11) is 0. The van der Waals surface area contributed by atoms with Gasteiger partial charge >= 0.3 is 0 Å². The largest absolute Gasteiger partial charge is 0.489 e. The average molecular weight is 349 g/mol. The Morgan fingerprint density at radius 1 is 0.880 bits per heavy atom. The van der Waals surface area contributed by atoms with Crippen LogP contribution in [-0.2, 0) is 6.61 Å². The highest BCUT2D eigenvalue weighted by Crippen LogP contribution is 2.18. The Morgan fingerprint density at radius 2 is 1.56 bits per heavy atom. The normalized spacial score (nSPS) is 10.8. The van der Waals surface area contributed by atoms with Gasteiger partial charge in [-0.3, -0.25) is 4.79 Å². The lowest BCUT2D eigenvalue weighted by Crippen LogP contribution is -1.95. The van der Waals surface area contributed by atoms with E-state index >= 15 is 0 Å². The molecule has 2 nitrogen and oxygen atoms in total. The molecule has 0 aliphatic carbocycles. The summed E-state index contributed by atoms with van der Waals surface area (Å²) in [5.41, 5.74) is 2.55. The van der Waals surface area contributed by atoms with Crippen LogP contribution in [0.3, 0.4) is 0 Å². The van der Waals surface area contributed by atoms with Gasteiger partial charge in [-0.15, -0.1) is 0 Å². The number of halogens is 1. The summed E-state index contributed by atoms with van der Waals surface area (Å²) < 4.78 is 5.75. The minimum absolute atomic E-state index is 0.116. The van der Waals surface area contributed by atoms with Crippen molar-refractivity contribution in [3.63, 3.8) is 0 Å². The van der Waals surface area contributed by atoms with E-state index in [1.165, 1.54) is 6.08 Å². The van der Waals surface area contributed by atoms with Crippen LogP contribution in [0.25, 0.3) is 6.08 Å². The topological polar surface area (TPSA) is 26.3 Å². The first-order chi connectivity index (χ1) is 12.2. The van der Waals surface area contributed by atoms with E-state index in [1.807, 2.05) is 54.6 Å². The van der Waals surface area contributed by atoms with Crippen LogP contribution in [-0.4, -0.2) is 5.78 Å². The zero-order valence-electron chi connectivity index (χ0n) is 13.6. The fraction of sp³-hybridized carbons (Fsp3) is 0.0455. The molecule has 0 saturated carbocycles. The van der Waals surface area contributed by atoms with Gasteiger partial charge in [0.1, 0.15) is 12.4 Å². The third-order valence-electron chi connectivity index (χ3n) is 3.69. The number of rotatable bonds is 6. The third kappa shape index (κ3) is 4.82. The van der Waals surface area contributed by atoms with Crippen LogP contribution in [0.2, 0.25) is 5.02 Å². The second-order valence-electron chi connectivity index (χ2n) is 5.52. The first kappa shape index (κ1) is 17.0. The third-order valence-corrected chi connectivity index (χ3v) is 4.02. The molecule has 0 heterocycles. The summed E-state index contributed by atoms with van der Waals surface area (Å²) in [6.07, 6.45) is 3.30. The number of hydrogen-bond donors (Lipinski definition) is 0. The molecule has 3 aromatic carbocycles.